The Labute approximate surface area is 228 Å². The molecule has 0 unspecified atom stereocenters. The summed E-state index contributed by atoms with van der Waals surface area (Å²) < 4.78 is 40.2. The van der Waals surface area contributed by atoms with E-state index in [1.807, 2.05) is 0 Å². The first-order chi connectivity index (χ1) is 18.6. The fraction of sp³-hybridized carbons (Fsp3) is 0.586. The largest absolute Gasteiger partial charge is 0.492 e. The van der Waals surface area contributed by atoms with Gasteiger partial charge in [-0.05, 0) is 30.7 Å². The summed E-state index contributed by atoms with van der Waals surface area (Å²) in [5.41, 5.74) is -0.0302. The van der Waals surface area contributed by atoms with E-state index in [4.69, 9.17) is 4.84 Å². The topological polar surface area (TPSA) is 92.0 Å². The molecule has 1 heterocycles. The fourth-order valence-corrected chi connectivity index (χ4v) is 4.37. The Morgan fingerprint density at radius 2 is 1.18 bits per heavy atom. The summed E-state index contributed by atoms with van der Waals surface area (Å²) >= 11 is 0. The summed E-state index contributed by atoms with van der Waals surface area (Å²) in [5, 5.41) is 19.2. The third kappa shape index (κ3) is 11.2. The molecule has 2 N–H and O–H groups in total. The molecule has 1 aromatic heterocycles. The number of alkyl halides is 3. The highest BCUT2D eigenvalue weighted by atomic mass is 19.4. The lowest BCUT2D eigenvalue weighted by Gasteiger charge is -2.24. The first-order valence-electron chi connectivity index (χ1n) is 14.0. The number of unbranched alkanes of at least 4 members (excludes halogenated alkanes) is 13. The molecule has 7 nitrogen and oxygen atoms in total. The minimum Gasteiger partial charge on any atom is -0.492 e. The molecule has 218 valence electrons. The molecule has 0 fully saturated rings. The summed E-state index contributed by atoms with van der Waals surface area (Å²) in [6.45, 7) is 2.12. The molecule has 2 aromatic rings. The second-order valence-corrected chi connectivity index (χ2v) is 9.82. The van der Waals surface area contributed by atoms with E-state index in [2.05, 4.69) is 6.92 Å². The molecule has 0 bridgehead atoms. The lowest BCUT2D eigenvalue weighted by atomic mass is 10.0. The zero-order chi connectivity index (χ0) is 28.7. The van der Waals surface area contributed by atoms with E-state index in [0.717, 1.165) is 31.4 Å². The van der Waals surface area contributed by atoms with E-state index >= 15 is 0 Å². The van der Waals surface area contributed by atoms with Gasteiger partial charge in [-0.2, -0.15) is 13.2 Å². The third-order valence-corrected chi connectivity index (χ3v) is 6.61. The van der Waals surface area contributed by atoms with Crippen LogP contribution >= 0.6 is 0 Å². The summed E-state index contributed by atoms with van der Waals surface area (Å²) in [4.78, 5) is 29.9. The zero-order valence-corrected chi connectivity index (χ0v) is 22.7. The minimum absolute atomic E-state index is 0.00947. The van der Waals surface area contributed by atoms with E-state index in [1.165, 1.54) is 82.1 Å². The average molecular weight is 555 g/mol. The van der Waals surface area contributed by atoms with Crippen LogP contribution in [0.5, 0.6) is 11.8 Å². The molecule has 0 aliphatic heterocycles. The Kier molecular flexibility index (Phi) is 13.7. The maximum absolute atomic E-state index is 13.2. The molecule has 1 amide bonds. The van der Waals surface area contributed by atoms with Gasteiger partial charge in [0.25, 0.3) is 0 Å². The van der Waals surface area contributed by atoms with Crippen LogP contribution in [-0.2, 0) is 4.79 Å². The van der Waals surface area contributed by atoms with E-state index in [9.17, 15) is 33.0 Å². The number of amides is 1. The van der Waals surface area contributed by atoms with Crippen LogP contribution in [0.2, 0.25) is 0 Å². The maximum Gasteiger partial charge on any atom is 0.471 e. The van der Waals surface area contributed by atoms with Gasteiger partial charge in [0.1, 0.15) is 0 Å². The SMILES string of the molecule is CCCCCCCCCCCCCCCCN(C(=O)C(F)(F)F)c1ccc(C(=O)On2c(O)ccc2O)cc1. The van der Waals surface area contributed by atoms with Crippen molar-refractivity contribution in [1.82, 2.24) is 4.73 Å². The number of hydrogen-bond donors (Lipinski definition) is 2. The van der Waals surface area contributed by atoms with Crippen LogP contribution in [0.15, 0.2) is 36.4 Å². The van der Waals surface area contributed by atoms with Crippen molar-refractivity contribution in [3.8, 4) is 11.8 Å². The lowest BCUT2D eigenvalue weighted by Crippen LogP contribution is -2.41. The number of halogens is 3. The average Bonchev–Trinajstić information content (AvgIpc) is 3.22. The molecule has 0 aliphatic rings. The smallest absolute Gasteiger partial charge is 0.471 e. The molecule has 1 aromatic carbocycles. The Balaban J connectivity index is 1.77. The number of hydrogen-bond acceptors (Lipinski definition) is 5. The van der Waals surface area contributed by atoms with Crippen LogP contribution in [0.1, 0.15) is 107 Å². The first-order valence-corrected chi connectivity index (χ1v) is 14.0. The van der Waals surface area contributed by atoms with Crippen molar-refractivity contribution in [2.75, 3.05) is 11.4 Å². The summed E-state index contributed by atoms with van der Waals surface area (Å²) in [7, 11) is 0. The Bertz CT molecular complexity index is 986. The van der Waals surface area contributed by atoms with E-state index in [0.29, 0.717) is 22.5 Å². The number of carbonyl (C=O) groups excluding carboxylic acids is 2. The van der Waals surface area contributed by atoms with Gasteiger partial charge in [0.15, 0.2) is 0 Å². The Morgan fingerprint density at radius 3 is 1.62 bits per heavy atom. The molecule has 2 rings (SSSR count). The minimum atomic E-state index is -5.03. The molecule has 0 saturated carbocycles. The normalized spacial score (nSPS) is 11.5. The number of benzene rings is 1. The molecule has 0 atom stereocenters. The maximum atomic E-state index is 13.2. The second kappa shape index (κ2) is 16.7. The van der Waals surface area contributed by atoms with Gasteiger partial charge >= 0.3 is 18.1 Å². The van der Waals surface area contributed by atoms with Crippen LogP contribution < -0.4 is 9.74 Å². The monoisotopic (exact) mass is 554 g/mol. The molecule has 10 heteroatoms. The molecular weight excluding hydrogens is 513 g/mol. The van der Waals surface area contributed by atoms with Gasteiger partial charge in [0.2, 0.25) is 11.8 Å². The van der Waals surface area contributed by atoms with Crippen molar-refractivity contribution < 1.29 is 37.8 Å². The van der Waals surface area contributed by atoms with Crippen LogP contribution in [0.4, 0.5) is 18.9 Å². The molecule has 0 aliphatic carbocycles. The van der Waals surface area contributed by atoms with Gasteiger partial charge in [-0.25, -0.2) is 4.79 Å². The Morgan fingerprint density at radius 1 is 0.744 bits per heavy atom. The number of aromatic hydroxyl groups is 2. The number of aromatic nitrogens is 1. The van der Waals surface area contributed by atoms with Gasteiger partial charge in [0.05, 0.1) is 5.56 Å². The van der Waals surface area contributed by atoms with E-state index in [-0.39, 0.29) is 17.8 Å². The molecule has 0 radical (unpaired) electrons. The summed E-state index contributed by atoms with van der Waals surface area (Å²) in [5.74, 6) is -3.93. The highest BCUT2D eigenvalue weighted by Gasteiger charge is 2.42. The van der Waals surface area contributed by atoms with E-state index in [1.54, 1.807) is 0 Å². The molecule has 0 spiro atoms. The van der Waals surface area contributed by atoms with Crippen LogP contribution in [0, 0.1) is 0 Å². The fourth-order valence-electron chi connectivity index (χ4n) is 4.37. The van der Waals surface area contributed by atoms with Gasteiger partial charge in [0, 0.05) is 24.4 Å². The van der Waals surface area contributed by atoms with Gasteiger partial charge in [-0.15, -0.1) is 4.73 Å². The number of anilines is 1. The highest BCUT2D eigenvalue weighted by Crippen LogP contribution is 2.26. The van der Waals surface area contributed by atoms with Gasteiger partial charge in [-0.1, -0.05) is 90.4 Å². The summed E-state index contributed by atoms with van der Waals surface area (Å²) in [6.07, 6.45) is 10.6. The summed E-state index contributed by atoms with van der Waals surface area (Å²) in [6, 6.07) is 7.14. The second-order valence-electron chi connectivity index (χ2n) is 9.82. The van der Waals surface area contributed by atoms with Gasteiger partial charge < -0.3 is 20.0 Å². The number of carbonyl (C=O) groups is 2. The molecular formula is C29H41F3N2O5. The van der Waals surface area contributed by atoms with Crippen molar-refractivity contribution >= 4 is 17.6 Å². The van der Waals surface area contributed by atoms with Crippen LogP contribution in [-0.4, -0.2) is 39.5 Å². The zero-order valence-electron chi connectivity index (χ0n) is 22.7. The molecule has 0 saturated heterocycles. The predicted molar refractivity (Wildman–Crippen MR) is 144 cm³/mol. The van der Waals surface area contributed by atoms with Crippen molar-refractivity contribution in [2.45, 2.75) is 103 Å². The quantitative estimate of drug-likeness (QED) is 0.186. The van der Waals surface area contributed by atoms with E-state index < -0.39 is 29.8 Å². The highest BCUT2D eigenvalue weighted by molar-refractivity contribution is 5.98. The van der Waals surface area contributed by atoms with Crippen molar-refractivity contribution in [3.63, 3.8) is 0 Å². The number of rotatable bonds is 18. The van der Waals surface area contributed by atoms with Crippen LogP contribution in [0.3, 0.4) is 0 Å². The standard InChI is InChI=1S/C29H41F3N2O5/c1-2-3-4-5-6-7-8-9-10-11-12-13-14-15-22-33(28(38)29(30,31)32)24-18-16-23(17-19-24)27(37)39-34-25(35)20-21-26(34)36/h16-21,35-36H,2-15,22H2,1H3. The lowest BCUT2D eigenvalue weighted by molar-refractivity contribution is -0.170. The van der Waals surface area contributed by atoms with Crippen molar-refractivity contribution in [3.05, 3.63) is 42.0 Å². The van der Waals surface area contributed by atoms with Crippen molar-refractivity contribution in [2.24, 2.45) is 0 Å². The Hall–Kier alpha value is -3.17. The first kappa shape index (κ1) is 32.0. The van der Waals surface area contributed by atoms with Gasteiger partial charge in [-0.3, -0.25) is 4.79 Å². The molecule has 39 heavy (non-hydrogen) atoms. The van der Waals surface area contributed by atoms with Crippen LogP contribution in [0.25, 0.3) is 0 Å². The third-order valence-electron chi connectivity index (χ3n) is 6.61. The predicted octanol–water partition coefficient (Wildman–Crippen LogP) is 7.54. The number of nitrogens with zero attached hydrogens (tertiary/aromatic N) is 2. The van der Waals surface area contributed by atoms with Crippen molar-refractivity contribution in [1.29, 1.82) is 0 Å².